The molecule has 1 amide bonds. The molecule has 23 heavy (non-hydrogen) atoms. The van der Waals surface area contributed by atoms with Gasteiger partial charge in [-0.25, -0.2) is 0 Å². The Bertz CT molecular complexity index is 730. The lowest BCUT2D eigenvalue weighted by molar-refractivity contribution is -0.121. The lowest BCUT2D eigenvalue weighted by Crippen LogP contribution is -2.27. The monoisotopic (exact) mass is 312 g/mol. The van der Waals surface area contributed by atoms with Gasteiger partial charge in [0.25, 0.3) is 5.56 Å². The molecule has 0 spiro atoms. The summed E-state index contributed by atoms with van der Waals surface area (Å²) in [6.07, 6.45) is 2.16. The standard InChI is InChI=1S/C19H24N2O2/c1-13-7-9-16(10-8-13)5-4-6-18(22)20-12-17-14(2)11-15(3)21-19(17)23/h7-11H,4-6,12H2,1-3H3,(H,20,22)(H,21,23). The highest BCUT2D eigenvalue weighted by molar-refractivity contribution is 5.75. The zero-order valence-electron chi connectivity index (χ0n) is 14.0. The molecule has 0 radical (unpaired) electrons. The van der Waals surface area contributed by atoms with E-state index in [1.807, 2.05) is 19.9 Å². The van der Waals surface area contributed by atoms with Crippen LogP contribution in [0.3, 0.4) is 0 Å². The molecule has 1 heterocycles. The number of pyridine rings is 1. The third kappa shape index (κ3) is 5.09. The van der Waals surface area contributed by atoms with Crippen molar-refractivity contribution in [3.05, 3.63) is 68.6 Å². The lowest BCUT2D eigenvalue weighted by Gasteiger charge is -2.08. The van der Waals surface area contributed by atoms with E-state index < -0.39 is 0 Å². The summed E-state index contributed by atoms with van der Waals surface area (Å²) in [5.74, 6) is -0.0171. The van der Waals surface area contributed by atoms with E-state index in [1.165, 1.54) is 11.1 Å². The fourth-order valence-corrected chi connectivity index (χ4v) is 2.58. The van der Waals surface area contributed by atoms with E-state index in [4.69, 9.17) is 0 Å². The van der Waals surface area contributed by atoms with Crippen molar-refractivity contribution in [1.29, 1.82) is 0 Å². The number of hydrogen-bond acceptors (Lipinski definition) is 2. The van der Waals surface area contributed by atoms with E-state index in [-0.39, 0.29) is 18.0 Å². The Morgan fingerprint density at radius 2 is 1.83 bits per heavy atom. The number of aromatic amines is 1. The molecule has 0 fully saturated rings. The van der Waals surface area contributed by atoms with Crippen molar-refractivity contribution in [2.24, 2.45) is 0 Å². The van der Waals surface area contributed by atoms with Crippen LogP contribution in [0, 0.1) is 20.8 Å². The molecule has 0 unspecified atom stereocenters. The summed E-state index contributed by atoms with van der Waals surface area (Å²) in [4.78, 5) is 26.6. The van der Waals surface area contributed by atoms with E-state index in [0.717, 1.165) is 24.1 Å². The summed E-state index contributed by atoms with van der Waals surface area (Å²) in [6, 6.07) is 10.3. The minimum Gasteiger partial charge on any atom is -0.352 e. The molecule has 0 saturated heterocycles. The average Bonchev–Trinajstić information content (AvgIpc) is 2.48. The third-order valence-corrected chi connectivity index (χ3v) is 3.95. The molecule has 122 valence electrons. The van der Waals surface area contributed by atoms with Crippen LogP contribution in [-0.2, 0) is 17.8 Å². The molecular weight excluding hydrogens is 288 g/mol. The Kier molecular flexibility index (Phi) is 5.74. The van der Waals surface area contributed by atoms with Gasteiger partial charge in [0.05, 0.1) is 0 Å². The minimum absolute atomic E-state index is 0.0171. The summed E-state index contributed by atoms with van der Waals surface area (Å²) >= 11 is 0. The van der Waals surface area contributed by atoms with Crippen LogP contribution in [-0.4, -0.2) is 10.9 Å². The van der Waals surface area contributed by atoms with Crippen LogP contribution in [0.15, 0.2) is 35.1 Å². The van der Waals surface area contributed by atoms with Gasteiger partial charge in [-0.05, 0) is 50.8 Å². The Labute approximate surface area is 137 Å². The largest absolute Gasteiger partial charge is 0.352 e. The maximum absolute atomic E-state index is 11.9. The fourth-order valence-electron chi connectivity index (χ4n) is 2.58. The van der Waals surface area contributed by atoms with E-state index in [2.05, 4.69) is 41.5 Å². The van der Waals surface area contributed by atoms with Crippen LogP contribution in [0.5, 0.6) is 0 Å². The number of nitrogens with one attached hydrogen (secondary N) is 2. The predicted octanol–water partition coefficient (Wildman–Crippen LogP) is 2.94. The Balaban J connectivity index is 1.79. The highest BCUT2D eigenvalue weighted by atomic mass is 16.1. The summed E-state index contributed by atoms with van der Waals surface area (Å²) in [6.45, 7) is 6.08. The number of H-pyrrole nitrogens is 1. The minimum atomic E-state index is -0.123. The van der Waals surface area contributed by atoms with Gasteiger partial charge in [0.1, 0.15) is 0 Å². The Morgan fingerprint density at radius 3 is 2.48 bits per heavy atom. The highest BCUT2D eigenvalue weighted by Gasteiger charge is 2.07. The number of benzene rings is 1. The van der Waals surface area contributed by atoms with Gasteiger partial charge in [0, 0.05) is 24.2 Å². The topological polar surface area (TPSA) is 62.0 Å². The van der Waals surface area contributed by atoms with Gasteiger partial charge in [-0.1, -0.05) is 29.8 Å². The summed E-state index contributed by atoms with van der Waals surface area (Å²) in [5.41, 5.74) is 4.73. The first-order chi connectivity index (χ1) is 11.0. The number of amides is 1. The SMILES string of the molecule is Cc1ccc(CCCC(=O)NCc2c(C)cc(C)[nH]c2=O)cc1. The second-order valence-electron chi connectivity index (χ2n) is 6.06. The number of rotatable bonds is 6. The number of hydrogen-bond donors (Lipinski definition) is 2. The van der Waals surface area contributed by atoms with Crippen molar-refractivity contribution < 1.29 is 4.79 Å². The lowest BCUT2D eigenvalue weighted by atomic mass is 10.1. The molecule has 0 saturated carbocycles. The zero-order chi connectivity index (χ0) is 16.8. The second-order valence-corrected chi connectivity index (χ2v) is 6.06. The van der Waals surface area contributed by atoms with Gasteiger partial charge in [-0.3, -0.25) is 9.59 Å². The van der Waals surface area contributed by atoms with E-state index in [0.29, 0.717) is 12.0 Å². The van der Waals surface area contributed by atoms with Crippen molar-refractivity contribution in [1.82, 2.24) is 10.3 Å². The van der Waals surface area contributed by atoms with E-state index in [9.17, 15) is 9.59 Å². The molecule has 1 aromatic carbocycles. The van der Waals surface area contributed by atoms with Crippen molar-refractivity contribution in [2.45, 2.75) is 46.6 Å². The number of aryl methyl sites for hydroxylation is 4. The van der Waals surface area contributed by atoms with Crippen LogP contribution in [0.25, 0.3) is 0 Å². The van der Waals surface area contributed by atoms with Crippen LogP contribution >= 0.6 is 0 Å². The van der Waals surface area contributed by atoms with Gasteiger partial charge in [-0.2, -0.15) is 0 Å². The first kappa shape index (κ1) is 17.0. The molecule has 0 atom stereocenters. The molecule has 0 aliphatic heterocycles. The van der Waals surface area contributed by atoms with E-state index >= 15 is 0 Å². The maximum atomic E-state index is 11.9. The van der Waals surface area contributed by atoms with Crippen LogP contribution in [0.2, 0.25) is 0 Å². The van der Waals surface area contributed by atoms with Crippen molar-refractivity contribution in [3.8, 4) is 0 Å². The van der Waals surface area contributed by atoms with Crippen LogP contribution in [0.4, 0.5) is 0 Å². The molecule has 1 aromatic heterocycles. The molecule has 2 N–H and O–H groups in total. The van der Waals surface area contributed by atoms with Gasteiger partial charge in [0.15, 0.2) is 0 Å². The van der Waals surface area contributed by atoms with Crippen LogP contribution < -0.4 is 10.9 Å². The average molecular weight is 312 g/mol. The number of aromatic nitrogens is 1. The second kappa shape index (κ2) is 7.77. The Morgan fingerprint density at radius 1 is 1.13 bits per heavy atom. The molecule has 4 heteroatoms. The Hall–Kier alpha value is -2.36. The predicted molar refractivity (Wildman–Crippen MR) is 92.5 cm³/mol. The third-order valence-electron chi connectivity index (χ3n) is 3.95. The number of carbonyl (C=O) groups excluding carboxylic acids is 1. The van der Waals surface area contributed by atoms with Gasteiger partial charge in [-0.15, -0.1) is 0 Å². The smallest absolute Gasteiger partial charge is 0.253 e. The highest BCUT2D eigenvalue weighted by Crippen LogP contribution is 2.07. The molecule has 4 nitrogen and oxygen atoms in total. The quantitative estimate of drug-likeness (QED) is 0.861. The molecule has 2 aromatic rings. The molecule has 0 bridgehead atoms. The van der Waals surface area contributed by atoms with Crippen LogP contribution in [0.1, 0.15) is 40.8 Å². The molecular formula is C19H24N2O2. The fraction of sp³-hybridized carbons (Fsp3) is 0.368. The molecule has 0 aliphatic rings. The summed E-state index contributed by atoms with van der Waals surface area (Å²) < 4.78 is 0. The first-order valence-corrected chi connectivity index (χ1v) is 7.97. The molecule has 0 aliphatic carbocycles. The number of carbonyl (C=O) groups is 1. The normalized spacial score (nSPS) is 10.6. The van der Waals surface area contributed by atoms with Gasteiger partial charge >= 0.3 is 0 Å². The molecule has 2 rings (SSSR count). The van der Waals surface area contributed by atoms with Crippen molar-refractivity contribution in [2.75, 3.05) is 0 Å². The maximum Gasteiger partial charge on any atom is 0.253 e. The summed E-state index contributed by atoms with van der Waals surface area (Å²) in [7, 11) is 0. The first-order valence-electron chi connectivity index (χ1n) is 7.97. The van der Waals surface area contributed by atoms with Crippen molar-refractivity contribution in [3.63, 3.8) is 0 Å². The van der Waals surface area contributed by atoms with Gasteiger partial charge in [0.2, 0.25) is 5.91 Å². The summed E-state index contributed by atoms with van der Waals surface area (Å²) in [5, 5.41) is 2.84. The van der Waals surface area contributed by atoms with E-state index in [1.54, 1.807) is 0 Å². The van der Waals surface area contributed by atoms with Crippen molar-refractivity contribution >= 4 is 5.91 Å². The zero-order valence-corrected chi connectivity index (χ0v) is 14.0. The van der Waals surface area contributed by atoms with Gasteiger partial charge < -0.3 is 10.3 Å².